The fraction of sp³-hybridized carbons (Fsp3) is 0.158. The van der Waals surface area contributed by atoms with Gasteiger partial charge in [0.25, 0.3) is 5.56 Å². The number of hydrogen-bond acceptors (Lipinski definition) is 6. The fourth-order valence-electron chi connectivity index (χ4n) is 2.80. The van der Waals surface area contributed by atoms with Gasteiger partial charge in [-0.2, -0.15) is 0 Å². The lowest BCUT2D eigenvalue weighted by molar-refractivity contribution is -0.116. The van der Waals surface area contributed by atoms with Crippen LogP contribution in [-0.4, -0.2) is 26.7 Å². The van der Waals surface area contributed by atoms with Gasteiger partial charge in [-0.25, -0.2) is 9.97 Å². The number of carbonyl (C=O) groups excluding carboxylic acids is 1. The summed E-state index contributed by atoms with van der Waals surface area (Å²) in [5, 5.41) is 3.41. The van der Waals surface area contributed by atoms with E-state index in [1.807, 2.05) is 30.5 Å². The van der Waals surface area contributed by atoms with Gasteiger partial charge in [0.1, 0.15) is 0 Å². The van der Waals surface area contributed by atoms with E-state index >= 15 is 0 Å². The van der Waals surface area contributed by atoms with Gasteiger partial charge >= 0.3 is 0 Å². The highest BCUT2D eigenvalue weighted by Crippen LogP contribution is 2.30. The van der Waals surface area contributed by atoms with Gasteiger partial charge < -0.3 is 5.32 Å². The summed E-state index contributed by atoms with van der Waals surface area (Å²) in [7, 11) is 0. The Morgan fingerprint density at radius 3 is 2.89 bits per heavy atom. The normalized spacial score (nSPS) is 11.2. The molecular formula is C19H15BrN4O2S2. The van der Waals surface area contributed by atoms with Crippen molar-refractivity contribution in [2.75, 3.05) is 11.6 Å². The van der Waals surface area contributed by atoms with Crippen LogP contribution in [0.1, 0.15) is 6.42 Å². The van der Waals surface area contributed by atoms with Gasteiger partial charge in [-0.3, -0.25) is 14.2 Å². The monoisotopic (exact) mass is 474 g/mol. The van der Waals surface area contributed by atoms with Crippen LogP contribution in [0, 0.1) is 0 Å². The molecule has 0 atom stereocenters. The minimum atomic E-state index is -0.158. The molecule has 28 heavy (non-hydrogen) atoms. The summed E-state index contributed by atoms with van der Waals surface area (Å²) in [5.41, 5.74) is 2.13. The molecule has 142 valence electrons. The quantitative estimate of drug-likeness (QED) is 0.430. The Bertz CT molecular complexity index is 1250. The van der Waals surface area contributed by atoms with Crippen LogP contribution in [-0.2, 0) is 11.3 Å². The minimum absolute atomic E-state index is 0.157. The molecule has 6 nitrogen and oxygen atoms in total. The number of amides is 1. The van der Waals surface area contributed by atoms with E-state index in [0.717, 1.165) is 24.7 Å². The lowest BCUT2D eigenvalue weighted by Crippen LogP contribution is -2.23. The van der Waals surface area contributed by atoms with E-state index in [-0.39, 0.29) is 24.4 Å². The van der Waals surface area contributed by atoms with E-state index in [0.29, 0.717) is 10.9 Å². The van der Waals surface area contributed by atoms with E-state index in [2.05, 4.69) is 31.2 Å². The average Bonchev–Trinajstić information content (AvgIpc) is 3.10. The smallest absolute Gasteiger partial charge is 0.261 e. The van der Waals surface area contributed by atoms with E-state index in [9.17, 15) is 9.59 Å². The minimum Gasteiger partial charge on any atom is -0.326 e. The van der Waals surface area contributed by atoms with Gasteiger partial charge in [0.05, 0.1) is 27.4 Å². The Kier molecular flexibility index (Phi) is 5.47. The zero-order valence-electron chi connectivity index (χ0n) is 14.8. The third kappa shape index (κ3) is 3.96. The van der Waals surface area contributed by atoms with Crippen LogP contribution in [0.4, 0.5) is 5.69 Å². The number of benzene rings is 2. The van der Waals surface area contributed by atoms with Crippen molar-refractivity contribution in [3.05, 3.63) is 57.6 Å². The number of aromatic nitrogens is 3. The van der Waals surface area contributed by atoms with Crippen LogP contribution in [0.15, 0.2) is 56.3 Å². The second kappa shape index (κ2) is 8.02. The molecule has 0 aliphatic rings. The lowest BCUT2D eigenvalue weighted by Gasteiger charge is -2.08. The predicted molar refractivity (Wildman–Crippen MR) is 118 cm³/mol. The summed E-state index contributed by atoms with van der Waals surface area (Å²) in [6.45, 7) is 0.263. The first-order valence-electron chi connectivity index (χ1n) is 8.42. The molecule has 1 amide bonds. The number of nitrogens with zero attached hydrogens (tertiary/aromatic N) is 3. The Balaban J connectivity index is 1.46. The third-order valence-corrected chi connectivity index (χ3v) is 6.69. The average molecular weight is 475 g/mol. The largest absolute Gasteiger partial charge is 0.326 e. The van der Waals surface area contributed by atoms with Gasteiger partial charge in [-0.1, -0.05) is 27.7 Å². The molecule has 9 heteroatoms. The number of rotatable bonds is 5. The Morgan fingerprint density at radius 2 is 2.07 bits per heavy atom. The van der Waals surface area contributed by atoms with Gasteiger partial charge in [0, 0.05) is 23.1 Å². The van der Waals surface area contributed by atoms with E-state index < -0.39 is 0 Å². The second-order valence-electron chi connectivity index (χ2n) is 6.07. The molecule has 4 rings (SSSR count). The van der Waals surface area contributed by atoms with Gasteiger partial charge in [0.2, 0.25) is 5.91 Å². The molecule has 2 aromatic heterocycles. The van der Waals surface area contributed by atoms with Crippen molar-refractivity contribution in [1.82, 2.24) is 14.5 Å². The zero-order chi connectivity index (χ0) is 19.7. The molecule has 2 aromatic carbocycles. The Labute approximate surface area is 177 Å². The molecule has 1 N–H and O–H groups in total. The number of aryl methyl sites for hydroxylation is 1. The Morgan fingerprint density at radius 1 is 1.25 bits per heavy atom. The molecule has 2 heterocycles. The number of hydrogen-bond donors (Lipinski definition) is 1. The molecule has 0 aliphatic carbocycles. The molecule has 0 saturated heterocycles. The number of carbonyl (C=O) groups is 1. The summed E-state index contributed by atoms with van der Waals surface area (Å²) in [5.74, 6) is -0.157. The zero-order valence-corrected chi connectivity index (χ0v) is 18.0. The summed E-state index contributed by atoms with van der Waals surface area (Å²) in [4.78, 5) is 33.7. The number of thiazole rings is 1. The molecule has 0 radical (unpaired) electrons. The van der Waals surface area contributed by atoms with E-state index in [1.54, 1.807) is 35.2 Å². The first-order chi connectivity index (χ1) is 13.5. The number of fused-ring (bicyclic) bond motifs is 2. The maximum atomic E-state index is 12.6. The lowest BCUT2D eigenvalue weighted by atomic mass is 10.2. The van der Waals surface area contributed by atoms with Crippen molar-refractivity contribution in [2.24, 2.45) is 0 Å². The third-order valence-electron chi connectivity index (χ3n) is 4.19. The maximum Gasteiger partial charge on any atom is 0.261 e. The van der Waals surface area contributed by atoms with Crippen molar-refractivity contribution in [3.8, 4) is 0 Å². The van der Waals surface area contributed by atoms with Crippen molar-refractivity contribution in [3.63, 3.8) is 0 Å². The van der Waals surface area contributed by atoms with Crippen LogP contribution in [0.5, 0.6) is 0 Å². The molecule has 0 spiro atoms. The van der Waals surface area contributed by atoms with Gasteiger partial charge in [-0.05, 0) is 42.7 Å². The summed E-state index contributed by atoms with van der Waals surface area (Å²) in [6.07, 6.45) is 3.65. The predicted octanol–water partition coefficient (Wildman–Crippen LogP) is 4.52. The number of anilines is 1. The standard InChI is InChI=1S/C19H15BrN4O2S2/c1-27-19-23-15-5-3-12(9-16(15)28-19)22-17(25)6-7-24-10-21-14-4-2-11(20)8-13(14)18(24)26/h2-5,8-10H,6-7H2,1H3,(H,22,25). The van der Waals surface area contributed by atoms with Crippen LogP contribution in [0.25, 0.3) is 21.1 Å². The molecule has 0 fully saturated rings. The molecule has 4 aromatic rings. The number of halogens is 1. The van der Waals surface area contributed by atoms with Crippen molar-refractivity contribution >= 4 is 71.7 Å². The molecule has 0 aliphatic heterocycles. The summed E-state index contributed by atoms with van der Waals surface area (Å²) >= 11 is 6.57. The molecule has 0 bridgehead atoms. The Hall–Kier alpha value is -2.23. The topological polar surface area (TPSA) is 76.9 Å². The maximum absolute atomic E-state index is 12.6. The van der Waals surface area contributed by atoms with Crippen LogP contribution >= 0.6 is 39.0 Å². The number of nitrogens with one attached hydrogen (secondary N) is 1. The highest BCUT2D eigenvalue weighted by molar-refractivity contribution is 9.10. The van der Waals surface area contributed by atoms with Crippen LogP contribution in [0.3, 0.4) is 0 Å². The molecular weight excluding hydrogens is 460 g/mol. The van der Waals surface area contributed by atoms with Crippen molar-refractivity contribution in [1.29, 1.82) is 0 Å². The highest BCUT2D eigenvalue weighted by Gasteiger charge is 2.09. The van der Waals surface area contributed by atoms with Crippen LogP contribution < -0.4 is 10.9 Å². The summed E-state index contributed by atoms with van der Waals surface area (Å²) in [6, 6.07) is 11.0. The first kappa shape index (κ1) is 19.1. The van der Waals surface area contributed by atoms with Crippen molar-refractivity contribution < 1.29 is 4.79 Å². The molecule has 0 saturated carbocycles. The highest BCUT2D eigenvalue weighted by atomic mass is 79.9. The fourth-order valence-corrected chi connectivity index (χ4v) is 4.69. The van der Waals surface area contributed by atoms with Crippen LogP contribution in [0.2, 0.25) is 0 Å². The molecule has 0 unspecified atom stereocenters. The van der Waals surface area contributed by atoms with E-state index in [1.165, 1.54) is 10.9 Å². The SMILES string of the molecule is CSc1nc2ccc(NC(=O)CCn3cnc4ccc(Br)cc4c3=O)cc2s1. The van der Waals surface area contributed by atoms with Crippen molar-refractivity contribution in [2.45, 2.75) is 17.3 Å². The van der Waals surface area contributed by atoms with E-state index in [4.69, 9.17) is 0 Å². The van der Waals surface area contributed by atoms with Gasteiger partial charge in [-0.15, -0.1) is 11.3 Å². The first-order valence-corrected chi connectivity index (χ1v) is 11.3. The van der Waals surface area contributed by atoms with Gasteiger partial charge in [0.15, 0.2) is 4.34 Å². The number of thioether (sulfide) groups is 1. The summed E-state index contributed by atoms with van der Waals surface area (Å²) < 4.78 is 4.30. The second-order valence-corrected chi connectivity index (χ2v) is 9.07.